The summed E-state index contributed by atoms with van der Waals surface area (Å²) >= 11 is 0. The number of carbonyl (C=O) groups excluding carboxylic acids is 1. The van der Waals surface area contributed by atoms with E-state index < -0.39 is 11.4 Å². The average molecular weight is 352 g/mol. The minimum absolute atomic E-state index is 0.165. The van der Waals surface area contributed by atoms with Crippen LogP contribution in [0.1, 0.15) is 10.4 Å². The number of Topliss-reactive ketones (excluding diaryl/α,β-unsaturated/α-hetero) is 1. The number of fused-ring (bicyclic) bond motifs is 1. The molecule has 2 heterocycles. The standard InChI is InChI=1S/C19H13FN2O4/c20-14-4-1-12(2-5-14)16(23)10-22-19(24)8-6-15(21-22)13-3-7-17-18(9-13)26-11-25-17/h1-9H,10-11H2. The summed E-state index contributed by atoms with van der Waals surface area (Å²) in [6.07, 6.45) is 0. The van der Waals surface area contributed by atoms with Gasteiger partial charge >= 0.3 is 0 Å². The molecule has 0 atom stereocenters. The Hall–Kier alpha value is -3.48. The highest BCUT2D eigenvalue weighted by Gasteiger charge is 2.15. The molecule has 3 aromatic rings. The molecule has 2 aromatic carbocycles. The second-order valence-electron chi connectivity index (χ2n) is 5.71. The topological polar surface area (TPSA) is 70.4 Å². The Bertz CT molecular complexity index is 1040. The average Bonchev–Trinajstić information content (AvgIpc) is 3.12. The van der Waals surface area contributed by atoms with Crippen molar-refractivity contribution >= 4 is 5.78 Å². The number of nitrogens with zero attached hydrogens (tertiary/aromatic N) is 2. The van der Waals surface area contributed by atoms with E-state index in [9.17, 15) is 14.0 Å². The Morgan fingerprint density at radius 1 is 1.04 bits per heavy atom. The number of ketones is 1. The van der Waals surface area contributed by atoms with Gasteiger partial charge in [-0.1, -0.05) is 0 Å². The van der Waals surface area contributed by atoms with E-state index in [1.54, 1.807) is 24.3 Å². The molecule has 0 unspecified atom stereocenters. The van der Waals surface area contributed by atoms with E-state index in [2.05, 4.69) is 5.10 Å². The molecule has 0 fully saturated rings. The van der Waals surface area contributed by atoms with Crippen molar-refractivity contribution in [2.24, 2.45) is 0 Å². The van der Waals surface area contributed by atoms with Gasteiger partial charge in [0.25, 0.3) is 5.56 Å². The molecule has 130 valence electrons. The van der Waals surface area contributed by atoms with Crippen LogP contribution in [0.3, 0.4) is 0 Å². The Balaban J connectivity index is 1.63. The van der Waals surface area contributed by atoms with E-state index >= 15 is 0 Å². The maximum atomic E-state index is 13.0. The molecule has 0 amide bonds. The van der Waals surface area contributed by atoms with Crippen LogP contribution in [0.4, 0.5) is 4.39 Å². The van der Waals surface area contributed by atoms with Crippen LogP contribution in [-0.4, -0.2) is 22.4 Å². The molecule has 26 heavy (non-hydrogen) atoms. The number of hydrogen-bond donors (Lipinski definition) is 0. The van der Waals surface area contributed by atoms with Gasteiger partial charge in [0, 0.05) is 17.2 Å². The molecular formula is C19H13FN2O4. The third-order valence-corrected chi connectivity index (χ3v) is 3.99. The molecule has 1 aromatic heterocycles. The zero-order valence-corrected chi connectivity index (χ0v) is 13.5. The van der Waals surface area contributed by atoms with Crippen molar-refractivity contribution in [2.75, 3.05) is 6.79 Å². The van der Waals surface area contributed by atoms with Gasteiger partial charge in [0.1, 0.15) is 12.4 Å². The van der Waals surface area contributed by atoms with Crippen LogP contribution in [0, 0.1) is 5.82 Å². The van der Waals surface area contributed by atoms with E-state index in [1.165, 1.54) is 30.3 Å². The van der Waals surface area contributed by atoms with Gasteiger partial charge in [0.05, 0.1) is 5.69 Å². The minimum Gasteiger partial charge on any atom is -0.454 e. The normalized spacial score (nSPS) is 12.2. The first-order valence-corrected chi connectivity index (χ1v) is 7.87. The zero-order valence-electron chi connectivity index (χ0n) is 13.5. The lowest BCUT2D eigenvalue weighted by Gasteiger charge is -2.07. The lowest BCUT2D eigenvalue weighted by atomic mass is 10.1. The molecule has 1 aliphatic heterocycles. The highest BCUT2D eigenvalue weighted by Crippen LogP contribution is 2.35. The monoisotopic (exact) mass is 352 g/mol. The first-order valence-electron chi connectivity index (χ1n) is 7.87. The Morgan fingerprint density at radius 2 is 1.81 bits per heavy atom. The minimum atomic E-state index is -0.429. The van der Waals surface area contributed by atoms with Gasteiger partial charge < -0.3 is 9.47 Å². The number of rotatable bonds is 4. The first-order chi connectivity index (χ1) is 12.6. The molecule has 0 spiro atoms. The van der Waals surface area contributed by atoms with Crippen LogP contribution in [0.25, 0.3) is 11.3 Å². The second-order valence-corrected chi connectivity index (χ2v) is 5.71. The molecule has 6 nitrogen and oxygen atoms in total. The van der Waals surface area contributed by atoms with E-state index in [-0.39, 0.29) is 19.1 Å². The highest BCUT2D eigenvalue weighted by molar-refractivity contribution is 5.95. The smallest absolute Gasteiger partial charge is 0.267 e. The summed E-state index contributed by atoms with van der Waals surface area (Å²) < 4.78 is 24.7. The predicted octanol–water partition coefficient (Wildman–Crippen LogP) is 2.66. The number of halogens is 1. The van der Waals surface area contributed by atoms with Gasteiger partial charge in [-0.05, 0) is 48.5 Å². The molecule has 0 saturated carbocycles. The summed E-state index contributed by atoms with van der Waals surface area (Å²) in [4.78, 5) is 24.4. The van der Waals surface area contributed by atoms with Crippen LogP contribution in [0.2, 0.25) is 0 Å². The van der Waals surface area contributed by atoms with Gasteiger partial charge in [-0.2, -0.15) is 5.10 Å². The highest BCUT2D eigenvalue weighted by atomic mass is 19.1. The molecule has 0 saturated heterocycles. The van der Waals surface area contributed by atoms with Crippen LogP contribution in [0.5, 0.6) is 11.5 Å². The Morgan fingerprint density at radius 3 is 2.62 bits per heavy atom. The second kappa shape index (κ2) is 6.44. The summed E-state index contributed by atoms with van der Waals surface area (Å²) in [6, 6.07) is 13.4. The van der Waals surface area contributed by atoms with Gasteiger partial charge in [0.2, 0.25) is 6.79 Å². The molecule has 0 bridgehead atoms. The predicted molar refractivity (Wildman–Crippen MR) is 90.8 cm³/mol. The van der Waals surface area contributed by atoms with Gasteiger partial charge in [-0.25, -0.2) is 9.07 Å². The SMILES string of the molecule is O=C(Cn1nc(-c2ccc3c(c2)OCO3)ccc1=O)c1ccc(F)cc1. The number of hydrogen-bond acceptors (Lipinski definition) is 5. The van der Waals surface area contributed by atoms with Crippen molar-refractivity contribution in [3.05, 3.63) is 76.3 Å². The van der Waals surface area contributed by atoms with Crippen molar-refractivity contribution < 1.29 is 18.7 Å². The van der Waals surface area contributed by atoms with E-state index in [0.29, 0.717) is 22.8 Å². The van der Waals surface area contributed by atoms with Crippen molar-refractivity contribution in [3.8, 4) is 22.8 Å². The maximum absolute atomic E-state index is 13.0. The number of aromatic nitrogens is 2. The molecule has 4 rings (SSSR count). The number of ether oxygens (including phenoxy) is 2. The van der Waals surface area contributed by atoms with Crippen LogP contribution < -0.4 is 15.0 Å². The zero-order chi connectivity index (χ0) is 18.1. The number of carbonyl (C=O) groups is 1. The third-order valence-electron chi connectivity index (χ3n) is 3.99. The van der Waals surface area contributed by atoms with Gasteiger partial charge in [0.15, 0.2) is 17.3 Å². The fraction of sp³-hybridized carbons (Fsp3) is 0.105. The summed E-state index contributed by atoms with van der Waals surface area (Å²) in [5.41, 5.74) is 1.17. The molecular weight excluding hydrogens is 339 g/mol. The molecule has 0 aliphatic carbocycles. The lowest BCUT2D eigenvalue weighted by molar-refractivity contribution is 0.0965. The van der Waals surface area contributed by atoms with Crippen molar-refractivity contribution in [3.63, 3.8) is 0 Å². The molecule has 1 aliphatic rings. The van der Waals surface area contributed by atoms with Crippen molar-refractivity contribution in [2.45, 2.75) is 6.54 Å². The summed E-state index contributed by atoms with van der Waals surface area (Å²) in [7, 11) is 0. The summed E-state index contributed by atoms with van der Waals surface area (Å²) in [5.74, 6) is 0.488. The van der Waals surface area contributed by atoms with E-state index in [4.69, 9.17) is 9.47 Å². The first kappa shape index (κ1) is 16.0. The van der Waals surface area contributed by atoms with E-state index in [1.807, 2.05) is 0 Å². The Kier molecular flexibility index (Phi) is 3.96. The number of benzene rings is 2. The summed E-state index contributed by atoms with van der Waals surface area (Å²) in [5, 5.41) is 4.26. The Labute approximate surface area is 147 Å². The van der Waals surface area contributed by atoms with Gasteiger partial charge in [-0.3, -0.25) is 9.59 Å². The lowest BCUT2D eigenvalue weighted by Crippen LogP contribution is -2.26. The molecule has 7 heteroatoms. The maximum Gasteiger partial charge on any atom is 0.267 e. The fourth-order valence-electron chi connectivity index (χ4n) is 2.64. The quantitative estimate of drug-likeness (QED) is 0.675. The van der Waals surface area contributed by atoms with Crippen molar-refractivity contribution in [1.29, 1.82) is 0 Å². The van der Waals surface area contributed by atoms with E-state index in [0.717, 1.165) is 10.2 Å². The third kappa shape index (κ3) is 3.06. The van der Waals surface area contributed by atoms with Crippen LogP contribution >= 0.6 is 0 Å². The summed E-state index contributed by atoms with van der Waals surface area (Å²) in [6.45, 7) is -0.0687. The van der Waals surface area contributed by atoms with Gasteiger partial charge in [-0.15, -0.1) is 0 Å². The molecule has 0 N–H and O–H groups in total. The van der Waals surface area contributed by atoms with Crippen LogP contribution in [-0.2, 0) is 6.54 Å². The largest absolute Gasteiger partial charge is 0.454 e. The van der Waals surface area contributed by atoms with Crippen molar-refractivity contribution in [1.82, 2.24) is 9.78 Å². The fourth-order valence-corrected chi connectivity index (χ4v) is 2.64. The van der Waals surface area contributed by atoms with Crippen LogP contribution in [0.15, 0.2) is 59.4 Å². The molecule has 0 radical (unpaired) electrons.